The van der Waals surface area contributed by atoms with Crippen molar-refractivity contribution >= 4 is 32.2 Å². The van der Waals surface area contributed by atoms with Gasteiger partial charge >= 0.3 is 0 Å². The Morgan fingerprint density at radius 1 is 1.36 bits per heavy atom. The molecule has 0 fully saturated rings. The lowest BCUT2D eigenvalue weighted by atomic mass is 10.1. The summed E-state index contributed by atoms with van der Waals surface area (Å²) in [4.78, 5) is 0.735. The molecule has 4 aromatic rings. The van der Waals surface area contributed by atoms with E-state index in [9.17, 15) is 0 Å². The Balaban J connectivity index is 1.77. The molecule has 112 valence electrons. The largest absolute Gasteiger partial charge is 0.361 e. The van der Waals surface area contributed by atoms with E-state index < -0.39 is 0 Å². The summed E-state index contributed by atoms with van der Waals surface area (Å²) in [6.45, 7) is 3.81. The van der Waals surface area contributed by atoms with Crippen molar-refractivity contribution in [2.45, 2.75) is 20.3 Å². The molecule has 0 atom stereocenters. The van der Waals surface area contributed by atoms with Gasteiger partial charge in [-0.2, -0.15) is 14.7 Å². The maximum atomic E-state index is 5.19. The number of H-pyrrole nitrogens is 1. The van der Waals surface area contributed by atoms with Crippen LogP contribution in [0, 0.1) is 13.8 Å². The Bertz CT molecular complexity index is 946. The van der Waals surface area contributed by atoms with E-state index in [0.717, 1.165) is 43.0 Å². The summed E-state index contributed by atoms with van der Waals surface area (Å²) in [6.07, 6.45) is 2.28. The zero-order valence-electron chi connectivity index (χ0n) is 11.7. The summed E-state index contributed by atoms with van der Waals surface area (Å²) in [7, 11) is 0. The van der Waals surface area contributed by atoms with E-state index in [1.807, 2.05) is 13.8 Å². The third kappa shape index (κ3) is 2.06. The van der Waals surface area contributed by atoms with Crippen molar-refractivity contribution < 1.29 is 4.52 Å². The highest BCUT2D eigenvalue weighted by Crippen LogP contribution is 2.29. The first-order valence-corrected chi connectivity index (χ1v) is 8.06. The van der Waals surface area contributed by atoms with Crippen LogP contribution in [0.1, 0.15) is 22.8 Å². The lowest BCUT2D eigenvalue weighted by Crippen LogP contribution is -1.99. The average Bonchev–Trinajstić information content (AvgIpc) is 3.21. The topological polar surface area (TPSA) is 97.8 Å². The summed E-state index contributed by atoms with van der Waals surface area (Å²) >= 11 is 4.89. The number of rotatable bonds is 3. The van der Waals surface area contributed by atoms with Crippen molar-refractivity contribution in [3.63, 3.8) is 0 Å². The van der Waals surface area contributed by atoms with Gasteiger partial charge in [-0.1, -0.05) is 16.5 Å². The minimum atomic E-state index is 0.579. The maximum absolute atomic E-state index is 5.19. The van der Waals surface area contributed by atoms with Gasteiger partial charge in [0.05, 0.1) is 16.4 Å². The van der Waals surface area contributed by atoms with E-state index in [-0.39, 0.29) is 0 Å². The van der Waals surface area contributed by atoms with Crippen molar-refractivity contribution in [3.8, 4) is 10.7 Å². The first-order valence-electron chi connectivity index (χ1n) is 6.45. The predicted molar refractivity (Wildman–Crippen MR) is 82.7 cm³/mol. The normalized spacial score (nSPS) is 11.6. The summed E-state index contributed by atoms with van der Waals surface area (Å²) in [5, 5.41) is 24.6. The number of aromatic amines is 1. The second-order valence-electron chi connectivity index (χ2n) is 4.79. The van der Waals surface area contributed by atoms with Crippen LogP contribution < -0.4 is 0 Å². The molecular formula is C12H10BrN7OS. The molecule has 1 N–H and O–H groups in total. The average molecular weight is 380 g/mol. The van der Waals surface area contributed by atoms with Crippen LogP contribution in [-0.2, 0) is 6.42 Å². The van der Waals surface area contributed by atoms with Crippen LogP contribution in [0.25, 0.3) is 15.7 Å². The number of aromatic nitrogens is 7. The smallest absolute Gasteiger partial charge is 0.235 e. The van der Waals surface area contributed by atoms with Crippen LogP contribution >= 0.6 is 27.3 Å². The number of halogens is 1. The number of nitrogens with zero attached hydrogens (tertiary/aromatic N) is 6. The first kappa shape index (κ1) is 13.6. The third-order valence-electron chi connectivity index (χ3n) is 3.38. The minimum absolute atomic E-state index is 0.579. The molecule has 0 saturated carbocycles. The van der Waals surface area contributed by atoms with Crippen LogP contribution in [0.4, 0.5) is 0 Å². The number of hydrogen-bond donors (Lipinski definition) is 1. The molecule has 0 radical (unpaired) electrons. The molecule has 0 amide bonds. The van der Waals surface area contributed by atoms with Crippen LogP contribution in [-0.4, -0.2) is 35.2 Å². The molecule has 4 rings (SSSR count). The highest BCUT2D eigenvalue weighted by atomic mass is 79.9. The summed E-state index contributed by atoms with van der Waals surface area (Å²) in [6, 6.07) is 0. The van der Waals surface area contributed by atoms with Crippen molar-refractivity contribution in [3.05, 3.63) is 33.5 Å². The molecule has 0 bridgehead atoms. The summed E-state index contributed by atoms with van der Waals surface area (Å²) in [5.74, 6) is 1.54. The second-order valence-corrected chi connectivity index (χ2v) is 6.60. The van der Waals surface area contributed by atoms with Crippen molar-refractivity contribution in [2.24, 2.45) is 0 Å². The molecule has 0 aromatic carbocycles. The molecule has 0 spiro atoms. The Hall–Kier alpha value is -2.07. The van der Waals surface area contributed by atoms with Gasteiger partial charge in [-0.25, -0.2) is 0 Å². The van der Waals surface area contributed by atoms with E-state index in [4.69, 9.17) is 4.52 Å². The Kier molecular flexibility index (Phi) is 3.08. The molecule has 4 heterocycles. The van der Waals surface area contributed by atoms with Gasteiger partial charge in [0.25, 0.3) is 0 Å². The second kappa shape index (κ2) is 4.99. The Morgan fingerprint density at radius 3 is 2.91 bits per heavy atom. The van der Waals surface area contributed by atoms with Gasteiger partial charge in [0.2, 0.25) is 4.96 Å². The van der Waals surface area contributed by atoms with E-state index in [2.05, 4.69) is 46.6 Å². The molecule has 22 heavy (non-hydrogen) atoms. The number of aryl methyl sites for hydroxylation is 2. The van der Waals surface area contributed by atoms with E-state index >= 15 is 0 Å². The zero-order valence-corrected chi connectivity index (χ0v) is 14.1. The summed E-state index contributed by atoms with van der Waals surface area (Å²) in [5.41, 5.74) is 2.71. The summed E-state index contributed by atoms with van der Waals surface area (Å²) < 4.78 is 7.81. The SMILES string of the molecule is Cc1noc(C)c1Cc1nnc2sc(-c3[nH]ncc3Br)nn12. The molecular weight excluding hydrogens is 370 g/mol. The van der Waals surface area contributed by atoms with Gasteiger partial charge in [-0.05, 0) is 29.8 Å². The fourth-order valence-corrected chi connectivity index (χ4v) is 3.58. The standard InChI is InChI=1S/C12H10BrN7OS/c1-5-7(6(2)21-19-5)3-9-15-17-12-20(9)18-11(22-12)10-8(13)4-14-16-10/h4H,3H2,1-2H3,(H,14,16). The third-order valence-corrected chi connectivity index (χ3v) is 4.90. The lowest BCUT2D eigenvalue weighted by Gasteiger charge is -1.96. The zero-order chi connectivity index (χ0) is 15.3. The fourth-order valence-electron chi connectivity index (χ4n) is 2.20. The molecule has 10 heteroatoms. The Morgan fingerprint density at radius 2 is 2.23 bits per heavy atom. The Labute approximate surface area is 136 Å². The predicted octanol–water partition coefficient (Wildman–Crippen LogP) is 2.53. The molecule has 8 nitrogen and oxygen atoms in total. The highest BCUT2D eigenvalue weighted by molar-refractivity contribution is 9.10. The van der Waals surface area contributed by atoms with Gasteiger partial charge in [0.1, 0.15) is 11.5 Å². The first-order chi connectivity index (χ1) is 10.6. The number of fused-ring (bicyclic) bond motifs is 1. The molecule has 0 aliphatic carbocycles. The van der Waals surface area contributed by atoms with Gasteiger partial charge in [0.15, 0.2) is 10.8 Å². The molecule has 0 saturated heterocycles. The quantitative estimate of drug-likeness (QED) is 0.587. The van der Waals surface area contributed by atoms with E-state index in [1.54, 1.807) is 10.7 Å². The number of nitrogens with one attached hydrogen (secondary N) is 1. The van der Waals surface area contributed by atoms with Crippen LogP contribution in [0.2, 0.25) is 0 Å². The lowest BCUT2D eigenvalue weighted by molar-refractivity contribution is 0.392. The van der Waals surface area contributed by atoms with Crippen LogP contribution in [0.3, 0.4) is 0 Å². The van der Waals surface area contributed by atoms with Crippen molar-refractivity contribution in [1.82, 2.24) is 35.2 Å². The van der Waals surface area contributed by atoms with Gasteiger partial charge in [0, 0.05) is 12.0 Å². The molecule has 0 aliphatic heterocycles. The van der Waals surface area contributed by atoms with Gasteiger partial charge < -0.3 is 4.52 Å². The van der Waals surface area contributed by atoms with Crippen LogP contribution in [0.5, 0.6) is 0 Å². The van der Waals surface area contributed by atoms with Crippen LogP contribution in [0.15, 0.2) is 15.2 Å². The van der Waals surface area contributed by atoms with Gasteiger partial charge in [-0.3, -0.25) is 5.10 Å². The molecule has 4 aromatic heterocycles. The monoisotopic (exact) mass is 379 g/mol. The molecule has 0 aliphatic rings. The van der Waals surface area contributed by atoms with Gasteiger partial charge in [-0.15, -0.1) is 10.2 Å². The maximum Gasteiger partial charge on any atom is 0.235 e. The molecule has 0 unspecified atom stereocenters. The number of hydrogen-bond acceptors (Lipinski definition) is 7. The minimum Gasteiger partial charge on any atom is -0.361 e. The van der Waals surface area contributed by atoms with Crippen molar-refractivity contribution in [2.75, 3.05) is 0 Å². The van der Waals surface area contributed by atoms with E-state index in [1.165, 1.54) is 11.3 Å². The van der Waals surface area contributed by atoms with E-state index in [0.29, 0.717) is 6.42 Å². The fraction of sp³-hybridized carbons (Fsp3) is 0.250. The highest BCUT2D eigenvalue weighted by Gasteiger charge is 2.18. The van der Waals surface area contributed by atoms with Crippen molar-refractivity contribution in [1.29, 1.82) is 0 Å².